The van der Waals surface area contributed by atoms with Gasteiger partial charge in [-0.1, -0.05) is 45.5 Å². The molecule has 0 bridgehead atoms. The summed E-state index contributed by atoms with van der Waals surface area (Å²) in [6.07, 6.45) is 0. The van der Waals surface area contributed by atoms with Crippen LogP contribution in [-0.2, 0) is 26.2 Å². The van der Waals surface area contributed by atoms with Crippen molar-refractivity contribution in [3.8, 4) is 0 Å². The summed E-state index contributed by atoms with van der Waals surface area (Å²) in [7, 11) is -4.79. The third-order valence-corrected chi connectivity index (χ3v) is 3.37. The molecule has 0 saturated carbocycles. The second-order valence-corrected chi connectivity index (χ2v) is 5.25. The SMILES string of the molecule is O=[P+]([O-])c1ccccc1.O=[P+]([O-])c1ccccc1.[Fe+2]. The van der Waals surface area contributed by atoms with Gasteiger partial charge in [0.1, 0.15) is 0 Å². The van der Waals surface area contributed by atoms with Gasteiger partial charge in [-0.3, -0.25) is 0 Å². The van der Waals surface area contributed by atoms with Crippen molar-refractivity contribution in [2.75, 3.05) is 0 Å². The number of hydrogen-bond donors (Lipinski definition) is 0. The van der Waals surface area contributed by atoms with Gasteiger partial charge in [0.25, 0.3) is 0 Å². The van der Waals surface area contributed by atoms with Crippen LogP contribution in [0.5, 0.6) is 0 Å². The zero-order valence-electron chi connectivity index (χ0n) is 9.65. The molecule has 0 aliphatic heterocycles. The van der Waals surface area contributed by atoms with Gasteiger partial charge in [-0.2, -0.15) is 0 Å². The van der Waals surface area contributed by atoms with Crippen LogP contribution in [0.2, 0.25) is 0 Å². The average molecular weight is 336 g/mol. The van der Waals surface area contributed by atoms with Gasteiger partial charge in [0.15, 0.2) is 10.6 Å². The Morgan fingerprint density at radius 2 is 0.895 bits per heavy atom. The zero-order chi connectivity index (χ0) is 13.4. The molecule has 0 fully saturated rings. The van der Waals surface area contributed by atoms with E-state index in [1.54, 1.807) is 60.7 Å². The molecule has 0 aliphatic carbocycles. The summed E-state index contributed by atoms with van der Waals surface area (Å²) in [4.78, 5) is 20.5. The van der Waals surface area contributed by atoms with Crippen molar-refractivity contribution >= 4 is 26.7 Å². The molecule has 2 aromatic carbocycles. The fraction of sp³-hybridized carbons (Fsp3) is 0. The molecule has 0 saturated heterocycles. The van der Waals surface area contributed by atoms with E-state index in [1.165, 1.54) is 0 Å². The van der Waals surface area contributed by atoms with Crippen molar-refractivity contribution in [2.45, 2.75) is 0 Å². The standard InChI is InChI=1S/2C6H5O2P.Fe/c2*7-9(8)6-4-2-1-3-5-6;/h2*1-5H;/q;;+2. The molecule has 0 heterocycles. The van der Waals surface area contributed by atoms with Gasteiger partial charge in [-0.15, -0.1) is 0 Å². The summed E-state index contributed by atoms with van der Waals surface area (Å²) >= 11 is 0. The molecule has 0 radical (unpaired) electrons. The molecule has 7 heteroatoms. The van der Waals surface area contributed by atoms with Crippen molar-refractivity contribution < 1.29 is 36.0 Å². The third-order valence-electron chi connectivity index (χ3n) is 1.93. The number of hydrogen-bond acceptors (Lipinski definition) is 4. The van der Waals surface area contributed by atoms with E-state index in [-0.39, 0.29) is 17.1 Å². The van der Waals surface area contributed by atoms with Crippen molar-refractivity contribution in [1.82, 2.24) is 0 Å². The molecule has 0 N–H and O–H groups in total. The minimum Gasteiger partial charge on any atom is -0.591 e. The molecule has 2 atom stereocenters. The van der Waals surface area contributed by atoms with Crippen LogP contribution in [0.15, 0.2) is 60.7 Å². The Kier molecular flexibility index (Phi) is 9.46. The van der Waals surface area contributed by atoms with Crippen molar-refractivity contribution in [1.29, 1.82) is 0 Å². The smallest absolute Gasteiger partial charge is 0.591 e. The molecular weight excluding hydrogens is 326 g/mol. The fourth-order valence-electron chi connectivity index (χ4n) is 1.10. The van der Waals surface area contributed by atoms with Crippen molar-refractivity contribution in [3.63, 3.8) is 0 Å². The minimum atomic E-state index is -2.40. The first kappa shape index (κ1) is 18.1. The Balaban J connectivity index is 0.000000324. The Morgan fingerprint density at radius 3 is 1.05 bits per heavy atom. The van der Waals surface area contributed by atoms with Crippen LogP contribution in [0.3, 0.4) is 0 Å². The number of rotatable bonds is 2. The molecule has 98 valence electrons. The largest absolute Gasteiger partial charge is 2.00 e. The molecule has 19 heavy (non-hydrogen) atoms. The first-order valence-corrected chi connectivity index (χ1v) is 7.35. The second kappa shape index (κ2) is 9.94. The van der Waals surface area contributed by atoms with Gasteiger partial charge in [-0.25, -0.2) is 0 Å². The first-order valence-electron chi connectivity index (χ1n) is 5.00. The fourth-order valence-corrected chi connectivity index (χ4v) is 1.93. The monoisotopic (exact) mass is 336 g/mol. The van der Waals surface area contributed by atoms with Crippen LogP contribution in [0.4, 0.5) is 0 Å². The molecule has 0 aliphatic rings. The molecule has 0 aromatic heterocycles. The summed E-state index contributed by atoms with van der Waals surface area (Å²) in [5, 5.41) is 0.736. The predicted octanol–water partition coefficient (Wildman–Crippen LogP) is 0.827. The average Bonchev–Trinajstić information content (AvgIpc) is 2.41. The van der Waals surface area contributed by atoms with E-state index in [0.29, 0.717) is 10.6 Å². The van der Waals surface area contributed by atoms with Crippen LogP contribution >= 0.6 is 16.1 Å². The molecule has 2 aromatic rings. The molecule has 4 nitrogen and oxygen atoms in total. The number of benzene rings is 2. The van der Waals surface area contributed by atoms with Crippen LogP contribution < -0.4 is 20.4 Å². The van der Waals surface area contributed by atoms with Crippen LogP contribution in [0.25, 0.3) is 0 Å². The van der Waals surface area contributed by atoms with Gasteiger partial charge in [0.05, 0.1) is 0 Å². The quantitative estimate of drug-likeness (QED) is 0.601. The second-order valence-electron chi connectivity index (χ2n) is 3.19. The van der Waals surface area contributed by atoms with E-state index < -0.39 is 16.1 Å². The van der Waals surface area contributed by atoms with E-state index in [1.807, 2.05) is 0 Å². The van der Waals surface area contributed by atoms with E-state index in [9.17, 15) is 18.9 Å². The van der Waals surface area contributed by atoms with Gasteiger partial charge in [0.2, 0.25) is 0 Å². The summed E-state index contributed by atoms with van der Waals surface area (Å²) < 4.78 is 20.5. The van der Waals surface area contributed by atoms with E-state index >= 15 is 0 Å². The van der Waals surface area contributed by atoms with Crippen LogP contribution in [0.1, 0.15) is 0 Å². The molecule has 2 unspecified atom stereocenters. The Bertz CT molecular complexity index is 470. The van der Waals surface area contributed by atoms with Gasteiger partial charge < -0.3 is 9.79 Å². The minimum absolute atomic E-state index is 0. The summed E-state index contributed by atoms with van der Waals surface area (Å²) in [5.41, 5.74) is 0. The van der Waals surface area contributed by atoms with Crippen molar-refractivity contribution in [2.24, 2.45) is 0 Å². The van der Waals surface area contributed by atoms with Crippen molar-refractivity contribution in [3.05, 3.63) is 60.7 Å². The first-order chi connectivity index (χ1) is 8.61. The Labute approximate surface area is 123 Å². The summed E-state index contributed by atoms with van der Waals surface area (Å²) in [5.74, 6) is 0. The van der Waals surface area contributed by atoms with Gasteiger partial charge >= 0.3 is 33.1 Å². The van der Waals surface area contributed by atoms with Gasteiger partial charge in [0, 0.05) is 0 Å². The Morgan fingerprint density at radius 1 is 0.632 bits per heavy atom. The maximum atomic E-state index is 10.2. The van der Waals surface area contributed by atoms with Gasteiger partial charge in [-0.05, 0) is 24.3 Å². The molecule has 0 amide bonds. The summed E-state index contributed by atoms with van der Waals surface area (Å²) in [6.45, 7) is 0. The third kappa shape index (κ3) is 7.29. The van der Waals surface area contributed by atoms with Crippen LogP contribution in [0, 0.1) is 0 Å². The molecule has 0 spiro atoms. The molecule has 2 rings (SSSR count). The van der Waals surface area contributed by atoms with E-state index in [4.69, 9.17) is 0 Å². The molecular formula is C12H10FeO4P2+2. The maximum absolute atomic E-state index is 10.2. The normalized spacial score (nSPS) is 10.4. The van der Waals surface area contributed by atoms with E-state index in [0.717, 1.165) is 0 Å². The zero-order valence-corrected chi connectivity index (χ0v) is 12.5. The van der Waals surface area contributed by atoms with Crippen LogP contribution in [-0.4, -0.2) is 0 Å². The topological polar surface area (TPSA) is 80.3 Å². The Hall–Kier alpha value is -0.921. The van der Waals surface area contributed by atoms with E-state index in [2.05, 4.69) is 0 Å². The predicted molar refractivity (Wildman–Crippen MR) is 67.4 cm³/mol. The summed E-state index contributed by atoms with van der Waals surface area (Å²) in [6, 6.07) is 16.6. The maximum Gasteiger partial charge on any atom is 2.00 e.